The highest BCUT2D eigenvalue weighted by molar-refractivity contribution is 7.89. The van der Waals surface area contributed by atoms with E-state index in [2.05, 4.69) is 4.90 Å². The van der Waals surface area contributed by atoms with E-state index in [9.17, 15) is 8.42 Å². The third-order valence-electron chi connectivity index (χ3n) is 3.79. The lowest BCUT2D eigenvalue weighted by Crippen LogP contribution is -2.52. The van der Waals surface area contributed by atoms with Crippen LogP contribution in [0.1, 0.15) is 24.0 Å². The van der Waals surface area contributed by atoms with Gasteiger partial charge in [-0.2, -0.15) is 4.31 Å². The SMILES string of the molecule is Cc1oc(C)c(S(=O)(=O)N2CCN(C)CC2C)c1CCl. The molecule has 0 aromatic carbocycles. The fraction of sp³-hybridized carbons (Fsp3) is 0.692. The molecule has 1 fully saturated rings. The van der Waals surface area contributed by atoms with Crippen LogP contribution in [0.5, 0.6) is 0 Å². The molecule has 1 aliphatic heterocycles. The molecule has 2 heterocycles. The van der Waals surface area contributed by atoms with E-state index in [0.29, 0.717) is 23.6 Å². The summed E-state index contributed by atoms with van der Waals surface area (Å²) in [5.41, 5.74) is 0.579. The van der Waals surface area contributed by atoms with Crippen molar-refractivity contribution in [1.82, 2.24) is 9.21 Å². The second kappa shape index (κ2) is 5.67. The van der Waals surface area contributed by atoms with Gasteiger partial charge in [-0.1, -0.05) is 0 Å². The van der Waals surface area contributed by atoms with E-state index in [0.717, 1.165) is 13.1 Å². The second-order valence-corrected chi connectivity index (χ2v) is 7.48. The van der Waals surface area contributed by atoms with Gasteiger partial charge in [-0.25, -0.2) is 8.42 Å². The molecule has 1 aromatic rings. The third kappa shape index (κ3) is 2.62. The zero-order valence-electron chi connectivity index (χ0n) is 12.3. The number of hydrogen-bond acceptors (Lipinski definition) is 4. The number of furan rings is 1. The lowest BCUT2D eigenvalue weighted by molar-refractivity contribution is 0.170. The van der Waals surface area contributed by atoms with Gasteiger partial charge in [0.25, 0.3) is 0 Å². The molecule has 0 N–H and O–H groups in total. The number of halogens is 1. The second-order valence-electron chi connectivity index (χ2n) is 5.38. The van der Waals surface area contributed by atoms with E-state index in [1.54, 1.807) is 18.2 Å². The van der Waals surface area contributed by atoms with Crippen LogP contribution in [0.4, 0.5) is 0 Å². The Kier molecular flexibility index (Phi) is 4.49. The normalized spacial score (nSPS) is 22.4. The van der Waals surface area contributed by atoms with Crippen molar-refractivity contribution in [3.63, 3.8) is 0 Å². The number of rotatable bonds is 3. The molecule has 1 saturated heterocycles. The topological polar surface area (TPSA) is 53.8 Å². The number of aryl methyl sites for hydroxylation is 2. The molecule has 1 atom stereocenters. The van der Waals surface area contributed by atoms with Crippen LogP contribution in [0, 0.1) is 13.8 Å². The molecule has 5 nitrogen and oxygen atoms in total. The van der Waals surface area contributed by atoms with Gasteiger partial charge in [0.1, 0.15) is 16.4 Å². The summed E-state index contributed by atoms with van der Waals surface area (Å²) in [7, 11) is -1.56. The molecule has 0 amide bonds. The van der Waals surface area contributed by atoms with Crippen LogP contribution >= 0.6 is 11.6 Å². The Morgan fingerprint density at radius 3 is 2.50 bits per heavy atom. The number of sulfonamides is 1. The zero-order valence-corrected chi connectivity index (χ0v) is 13.9. The molecule has 114 valence electrons. The summed E-state index contributed by atoms with van der Waals surface area (Å²) in [6, 6.07) is -0.0588. The number of nitrogens with zero attached hydrogens (tertiary/aromatic N) is 2. The van der Waals surface area contributed by atoms with Gasteiger partial charge in [0, 0.05) is 31.2 Å². The minimum Gasteiger partial charge on any atom is -0.465 e. The molecule has 20 heavy (non-hydrogen) atoms. The Morgan fingerprint density at radius 2 is 1.95 bits per heavy atom. The summed E-state index contributed by atoms with van der Waals surface area (Å²) in [6.07, 6.45) is 0. The van der Waals surface area contributed by atoms with Crippen LogP contribution in [0.25, 0.3) is 0 Å². The first-order valence-corrected chi connectivity index (χ1v) is 8.61. The van der Waals surface area contributed by atoms with Crippen molar-refractivity contribution in [3.05, 3.63) is 17.1 Å². The average Bonchev–Trinajstić information content (AvgIpc) is 2.63. The Bertz CT molecular complexity index is 597. The van der Waals surface area contributed by atoms with Crippen LogP contribution < -0.4 is 0 Å². The van der Waals surface area contributed by atoms with E-state index in [4.69, 9.17) is 16.0 Å². The molecule has 0 spiro atoms. The van der Waals surface area contributed by atoms with E-state index < -0.39 is 10.0 Å². The van der Waals surface area contributed by atoms with Crippen molar-refractivity contribution in [2.24, 2.45) is 0 Å². The number of likely N-dealkylation sites (N-methyl/N-ethyl adjacent to an activating group) is 1. The summed E-state index contributed by atoms with van der Waals surface area (Å²) >= 11 is 5.90. The Labute approximate surface area is 125 Å². The zero-order chi connectivity index (χ0) is 15.1. The molecule has 0 bridgehead atoms. The third-order valence-corrected chi connectivity index (χ3v) is 6.27. The molecule has 2 rings (SSSR count). The largest absolute Gasteiger partial charge is 0.465 e. The van der Waals surface area contributed by atoms with Crippen LogP contribution in [0.2, 0.25) is 0 Å². The predicted octanol–water partition coefficient (Wildman–Crippen LogP) is 1.96. The average molecular weight is 321 g/mol. The van der Waals surface area contributed by atoms with E-state index in [-0.39, 0.29) is 16.8 Å². The van der Waals surface area contributed by atoms with Gasteiger partial charge in [-0.15, -0.1) is 11.6 Å². The first-order valence-electron chi connectivity index (χ1n) is 6.64. The van der Waals surface area contributed by atoms with E-state index in [1.807, 2.05) is 14.0 Å². The Balaban J connectivity index is 2.46. The van der Waals surface area contributed by atoms with Crippen molar-refractivity contribution in [3.8, 4) is 0 Å². The molecule has 0 radical (unpaired) electrons. The molecule has 0 saturated carbocycles. The van der Waals surface area contributed by atoms with Crippen molar-refractivity contribution < 1.29 is 12.8 Å². The van der Waals surface area contributed by atoms with Crippen LogP contribution in [-0.4, -0.2) is 50.3 Å². The standard InChI is InChI=1S/C13H21ClN2O3S/c1-9-8-15(4)5-6-16(9)20(17,18)13-11(3)19-10(2)12(13)7-14/h9H,5-8H2,1-4H3. The predicted molar refractivity (Wildman–Crippen MR) is 78.6 cm³/mol. The van der Waals surface area contributed by atoms with Crippen molar-refractivity contribution in [2.45, 2.75) is 37.6 Å². The maximum Gasteiger partial charge on any atom is 0.247 e. The van der Waals surface area contributed by atoms with Gasteiger partial charge in [-0.05, 0) is 27.8 Å². The molecule has 1 aromatic heterocycles. The highest BCUT2D eigenvalue weighted by Gasteiger charge is 2.36. The fourth-order valence-corrected chi connectivity index (χ4v) is 5.23. The molecular weight excluding hydrogens is 300 g/mol. The minimum absolute atomic E-state index is 0.0588. The van der Waals surface area contributed by atoms with Gasteiger partial charge < -0.3 is 9.32 Å². The van der Waals surface area contributed by atoms with E-state index in [1.165, 1.54) is 0 Å². The summed E-state index contributed by atoms with van der Waals surface area (Å²) < 4.78 is 32.8. The molecule has 1 aliphatic rings. The first kappa shape index (κ1) is 15.8. The lowest BCUT2D eigenvalue weighted by Gasteiger charge is -2.37. The maximum atomic E-state index is 12.9. The molecule has 7 heteroatoms. The van der Waals surface area contributed by atoms with Crippen LogP contribution in [0.15, 0.2) is 9.31 Å². The molecular formula is C13H21ClN2O3S. The minimum atomic E-state index is -3.56. The Morgan fingerprint density at radius 1 is 1.30 bits per heavy atom. The number of hydrogen-bond donors (Lipinski definition) is 0. The van der Waals surface area contributed by atoms with Crippen LogP contribution in [-0.2, 0) is 15.9 Å². The van der Waals surface area contributed by atoms with Gasteiger partial charge in [-0.3, -0.25) is 0 Å². The van der Waals surface area contributed by atoms with E-state index >= 15 is 0 Å². The van der Waals surface area contributed by atoms with Crippen molar-refractivity contribution in [1.29, 1.82) is 0 Å². The first-order chi connectivity index (χ1) is 9.28. The number of piperazine rings is 1. The van der Waals surface area contributed by atoms with Gasteiger partial charge >= 0.3 is 0 Å². The van der Waals surface area contributed by atoms with Crippen molar-refractivity contribution in [2.75, 3.05) is 26.7 Å². The highest BCUT2D eigenvalue weighted by atomic mass is 35.5. The lowest BCUT2D eigenvalue weighted by atomic mass is 10.2. The van der Waals surface area contributed by atoms with Crippen LogP contribution in [0.3, 0.4) is 0 Å². The highest BCUT2D eigenvalue weighted by Crippen LogP contribution is 2.31. The maximum absolute atomic E-state index is 12.9. The number of alkyl halides is 1. The van der Waals surface area contributed by atoms with Gasteiger partial charge in [0.2, 0.25) is 10.0 Å². The summed E-state index contributed by atoms with van der Waals surface area (Å²) in [6.45, 7) is 7.30. The smallest absolute Gasteiger partial charge is 0.247 e. The Hall–Kier alpha value is -0.560. The monoisotopic (exact) mass is 320 g/mol. The van der Waals surface area contributed by atoms with Crippen molar-refractivity contribution >= 4 is 21.6 Å². The quantitative estimate of drug-likeness (QED) is 0.799. The summed E-state index contributed by atoms with van der Waals surface area (Å²) in [5.74, 6) is 1.14. The molecule has 0 aliphatic carbocycles. The summed E-state index contributed by atoms with van der Waals surface area (Å²) in [5, 5.41) is 0. The summed E-state index contributed by atoms with van der Waals surface area (Å²) in [4.78, 5) is 2.38. The fourth-order valence-electron chi connectivity index (χ4n) is 2.80. The van der Waals surface area contributed by atoms with Gasteiger partial charge in [0.15, 0.2) is 0 Å². The molecule has 1 unspecified atom stereocenters. The van der Waals surface area contributed by atoms with Gasteiger partial charge in [0.05, 0.1) is 5.88 Å².